The fourth-order valence-corrected chi connectivity index (χ4v) is 6.52. The van der Waals surface area contributed by atoms with Gasteiger partial charge in [0.25, 0.3) is 0 Å². The van der Waals surface area contributed by atoms with Crippen molar-refractivity contribution in [1.29, 1.82) is 0 Å². The Balaban J connectivity index is 1.53. The zero-order valence-electron chi connectivity index (χ0n) is 14.7. The Kier molecular flexibility index (Phi) is 4.75. The van der Waals surface area contributed by atoms with Gasteiger partial charge in [-0.1, -0.05) is 11.6 Å². The van der Waals surface area contributed by atoms with Crippen LogP contribution in [0.3, 0.4) is 0 Å². The van der Waals surface area contributed by atoms with E-state index in [4.69, 9.17) is 16.3 Å². The summed E-state index contributed by atoms with van der Waals surface area (Å²) in [6.07, 6.45) is 2.30. The van der Waals surface area contributed by atoms with E-state index in [1.54, 1.807) is 21.7 Å². The fourth-order valence-electron chi connectivity index (χ4n) is 3.66. The molecule has 5 nitrogen and oxygen atoms in total. The summed E-state index contributed by atoms with van der Waals surface area (Å²) in [7, 11) is -3.55. The summed E-state index contributed by atoms with van der Waals surface area (Å²) >= 11 is 7.94. The molecule has 2 aromatic rings. The molecular formula is C18H21ClN2O3S2. The molecule has 3 heterocycles. The van der Waals surface area contributed by atoms with Crippen molar-refractivity contribution in [2.45, 2.75) is 50.0 Å². The maximum absolute atomic E-state index is 13.1. The van der Waals surface area contributed by atoms with Crippen LogP contribution in [0.25, 0.3) is 0 Å². The molecule has 0 amide bonds. The Morgan fingerprint density at radius 2 is 2.04 bits per heavy atom. The predicted molar refractivity (Wildman–Crippen MR) is 103 cm³/mol. The zero-order valence-corrected chi connectivity index (χ0v) is 17.1. The zero-order chi connectivity index (χ0) is 18.5. The molecule has 4 rings (SSSR count). The SMILES string of the molecule is Cc1csc(C2CCN(S(=O)(=O)c3cc(Cl)c4c(c3)CC(C)O4)CC2)n1. The number of rotatable bonds is 3. The molecule has 0 saturated carbocycles. The minimum Gasteiger partial charge on any atom is -0.489 e. The van der Waals surface area contributed by atoms with E-state index in [9.17, 15) is 8.42 Å². The number of ether oxygens (including phenoxy) is 1. The summed E-state index contributed by atoms with van der Waals surface area (Å²) in [5.41, 5.74) is 1.90. The van der Waals surface area contributed by atoms with E-state index in [2.05, 4.69) is 4.98 Å². The summed E-state index contributed by atoms with van der Waals surface area (Å²) in [6.45, 7) is 4.96. The van der Waals surface area contributed by atoms with Crippen LogP contribution in [0.15, 0.2) is 22.4 Å². The maximum Gasteiger partial charge on any atom is 0.243 e. The second-order valence-corrected chi connectivity index (χ2v) is 10.3. The number of hydrogen-bond acceptors (Lipinski definition) is 5. The minimum atomic E-state index is -3.55. The highest BCUT2D eigenvalue weighted by Crippen LogP contribution is 2.39. The third-order valence-electron chi connectivity index (χ3n) is 5.00. The summed E-state index contributed by atoms with van der Waals surface area (Å²) < 4.78 is 33.4. The average Bonchev–Trinajstić information content (AvgIpc) is 3.20. The van der Waals surface area contributed by atoms with E-state index in [0.29, 0.717) is 36.2 Å². The van der Waals surface area contributed by atoms with Crippen LogP contribution in [0.4, 0.5) is 0 Å². The Morgan fingerprint density at radius 1 is 1.31 bits per heavy atom. The lowest BCUT2D eigenvalue weighted by molar-refractivity contribution is 0.255. The van der Waals surface area contributed by atoms with E-state index in [0.717, 1.165) is 29.1 Å². The number of benzene rings is 1. The van der Waals surface area contributed by atoms with Gasteiger partial charge in [-0.05, 0) is 38.8 Å². The Bertz CT molecular complexity index is 934. The first-order valence-electron chi connectivity index (χ1n) is 8.76. The molecule has 1 saturated heterocycles. The normalized spacial score (nSPS) is 21.6. The van der Waals surface area contributed by atoms with Gasteiger partial charge in [0.2, 0.25) is 10.0 Å². The van der Waals surface area contributed by atoms with Crippen molar-refractivity contribution in [1.82, 2.24) is 9.29 Å². The molecule has 2 aliphatic heterocycles. The van der Waals surface area contributed by atoms with E-state index < -0.39 is 10.0 Å². The first-order valence-corrected chi connectivity index (χ1v) is 11.5. The number of fused-ring (bicyclic) bond motifs is 1. The average molecular weight is 413 g/mol. The molecule has 1 unspecified atom stereocenters. The molecular weight excluding hydrogens is 392 g/mol. The molecule has 0 bridgehead atoms. The number of nitrogens with zero attached hydrogens (tertiary/aromatic N) is 2. The summed E-state index contributed by atoms with van der Waals surface area (Å²) in [4.78, 5) is 4.82. The third kappa shape index (κ3) is 3.26. The largest absolute Gasteiger partial charge is 0.489 e. The number of halogens is 1. The number of aryl methyl sites for hydroxylation is 1. The maximum atomic E-state index is 13.1. The molecule has 140 valence electrons. The van der Waals surface area contributed by atoms with Crippen molar-refractivity contribution in [3.8, 4) is 5.75 Å². The van der Waals surface area contributed by atoms with Gasteiger partial charge in [0.05, 0.1) is 14.9 Å². The van der Waals surface area contributed by atoms with E-state index in [1.165, 1.54) is 6.07 Å². The number of hydrogen-bond donors (Lipinski definition) is 0. The molecule has 1 atom stereocenters. The van der Waals surface area contributed by atoms with Crippen LogP contribution in [0, 0.1) is 6.92 Å². The summed E-state index contributed by atoms with van der Waals surface area (Å²) in [5, 5.41) is 3.54. The molecule has 0 aliphatic carbocycles. The number of thiazole rings is 1. The monoisotopic (exact) mass is 412 g/mol. The second kappa shape index (κ2) is 6.78. The lowest BCUT2D eigenvalue weighted by atomic mass is 9.99. The summed E-state index contributed by atoms with van der Waals surface area (Å²) in [6, 6.07) is 3.24. The third-order valence-corrected chi connectivity index (χ3v) is 8.28. The quantitative estimate of drug-likeness (QED) is 0.764. The minimum absolute atomic E-state index is 0.0259. The molecule has 26 heavy (non-hydrogen) atoms. The molecule has 1 aromatic heterocycles. The highest BCUT2D eigenvalue weighted by atomic mass is 35.5. The van der Waals surface area contributed by atoms with Gasteiger partial charge in [-0.15, -0.1) is 11.3 Å². The predicted octanol–water partition coefficient (Wildman–Crippen LogP) is 4.00. The lowest BCUT2D eigenvalue weighted by Crippen LogP contribution is -2.37. The van der Waals surface area contributed by atoms with Crippen LogP contribution in [0.5, 0.6) is 5.75 Å². The molecule has 1 fully saturated rings. The van der Waals surface area contributed by atoms with Crippen molar-refractivity contribution >= 4 is 33.0 Å². The fraction of sp³-hybridized carbons (Fsp3) is 0.500. The number of sulfonamides is 1. The van der Waals surface area contributed by atoms with E-state index in [1.807, 2.05) is 19.2 Å². The Morgan fingerprint density at radius 3 is 2.69 bits per heavy atom. The van der Waals surface area contributed by atoms with E-state index >= 15 is 0 Å². The van der Waals surface area contributed by atoms with Crippen molar-refractivity contribution in [2.75, 3.05) is 13.1 Å². The van der Waals surface area contributed by atoms with Gasteiger partial charge in [-0.25, -0.2) is 13.4 Å². The van der Waals surface area contributed by atoms with Gasteiger partial charge in [0, 0.05) is 42.1 Å². The highest BCUT2D eigenvalue weighted by molar-refractivity contribution is 7.89. The molecule has 2 aliphatic rings. The van der Waals surface area contributed by atoms with Gasteiger partial charge < -0.3 is 4.74 Å². The van der Waals surface area contributed by atoms with Crippen LogP contribution in [0.1, 0.15) is 41.9 Å². The van der Waals surface area contributed by atoms with Crippen LogP contribution >= 0.6 is 22.9 Å². The topological polar surface area (TPSA) is 59.5 Å². The van der Waals surface area contributed by atoms with Crippen molar-refractivity contribution in [3.63, 3.8) is 0 Å². The first kappa shape index (κ1) is 18.2. The smallest absolute Gasteiger partial charge is 0.243 e. The molecule has 0 spiro atoms. The van der Waals surface area contributed by atoms with Crippen LogP contribution in [0.2, 0.25) is 5.02 Å². The van der Waals surface area contributed by atoms with Gasteiger partial charge in [-0.2, -0.15) is 4.31 Å². The van der Waals surface area contributed by atoms with Crippen molar-refractivity contribution in [2.24, 2.45) is 0 Å². The van der Waals surface area contributed by atoms with Crippen LogP contribution in [-0.2, 0) is 16.4 Å². The number of aromatic nitrogens is 1. The van der Waals surface area contributed by atoms with Gasteiger partial charge in [0.15, 0.2) is 0 Å². The molecule has 1 aromatic carbocycles. The van der Waals surface area contributed by atoms with E-state index in [-0.39, 0.29) is 11.0 Å². The lowest BCUT2D eigenvalue weighted by Gasteiger charge is -2.30. The highest BCUT2D eigenvalue weighted by Gasteiger charge is 2.33. The summed E-state index contributed by atoms with van der Waals surface area (Å²) in [5.74, 6) is 0.967. The van der Waals surface area contributed by atoms with Gasteiger partial charge >= 0.3 is 0 Å². The number of piperidine rings is 1. The van der Waals surface area contributed by atoms with Crippen LogP contribution in [-0.4, -0.2) is 36.9 Å². The van der Waals surface area contributed by atoms with Gasteiger partial charge in [-0.3, -0.25) is 0 Å². The van der Waals surface area contributed by atoms with Crippen molar-refractivity contribution < 1.29 is 13.2 Å². The first-order chi connectivity index (χ1) is 12.3. The molecule has 0 radical (unpaired) electrons. The molecule has 8 heteroatoms. The Hall–Kier alpha value is -1.15. The van der Waals surface area contributed by atoms with Gasteiger partial charge in [0.1, 0.15) is 11.9 Å². The van der Waals surface area contributed by atoms with Crippen LogP contribution < -0.4 is 4.74 Å². The van der Waals surface area contributed by atoms with Crippen molar-refractivity contribution in [3.05, 3.63) is 38.8 Å². The second-order valence-electron chi connectivity index (χ2n) is 7.03. The Labute approximate surface area is 163 Å². The molecule has 0 N–H and O–H groups in total. The standard InChI is InChI=1S/C18H21ClN2O3S2/c1-11-10-25-18(20-11)13-3-5-21(6-4-13)26(22,23)15-8-14-7-12(2)24-17(14)16(19)9-15/h8-10,12-13H,3-7H2,1-2H3.